The first-order valence-corrected chi connectivity index (χ1v) is 12.1. The lowest BCUT2D eigenvalue weighted by atomic mass is 10.00. The monoisotopic (exact) mass is 460 g/mol. The van der Waals surface area contributed by atoms with Crippen molar-refractivity contribution in [3.63, 3.8) is 0 Å². The lowest BCUT2D eigenvalue weighted by Crippen LogP contribution is -2.45. The molecular formula is C20H30F6O3Si. The van der Waals surface area contributed by atoms with E-state index in [-0.39, 0.29) is 18.1 Å². The largest absolute Gasteiger partial charge is 0.500 e. The van der Waals surface area contributed by atoms with E-state index in [2.05, 4.69) is 0 Å². The fourth-order valence-electron chi connectivity index (χ4n) is 3.19. The molecule has 0 saturated heterocycles. The van der Waals surface area contributed by atoms with Crippen LogP contribution in [0.25, 0.3) is 0 Å². The van der Waals surface area contributed by atoms with E-state index in [0.717, 1.165) is 25.0 Å². The molecule has 0 atom stereocenters. The van der Waals surface area contributed by atoms with Crippen LogP contribution < -0.4 is 0 Å². The molecule has 0 spiro atoms. The fraction of sp³-hybridized carbons (Fsp3) is 0.700. The molecule has 0 aliphatic carbocycles. The van der Waals surface area contributed by atoms with Gasteiger partial charge in [0.1, 0.15) is 0 Å². The number of unbranched alkanes of at least 4 members (excludes halogenated alkanes) is 3. The SMILES string of the molecule is CCO[Si](CCCCCCc1cc(C(F)(F)F)cc(C(F)(F)F)c1)(OCC)OCC. The quantitative estimate of drug-likeness (QED) is 0.183. The molecule has 3 nitrogen and oxygen atoms in total. The summed E-state index contributed by atoms with van der Waals surface area (Å²) in [5, 5.41) is 0. The lowest BCUT2D eigenvalue weighted by Gasteiger charge is -2.28. The Kier molecular flexibility index (Phi) is 10.8. The van der Waals surface area contributed by atoms with Crippen LogP contribution in [0.5, 0.6) is 0 Å². The molecule has 0 radical (unpaired) electrons. The van der Waals surface area contributed by atoms with Crippen LogP contribution in [0.3, 0.4) is 0 Å². The number of benzene rings is 1. The molecule has 0 aliphatic rings. The van der Waals surface area contributed by atoms with Crippen LogP contribution in [-0.4, -0.2) is 28.6 Å². The Labute approximate surface area is 175 Å². The van der Waals surface area contributed by atoms with Gasteiger partial charge in [0.15, 0.2) is 0 Å². The number of rotatable bonds is 13. The molecule has 10 heteroatoms. The summed E-state index contributed by atoms with van der Waals surface area (Å²) < 4.78 is 94.8. The first-order valence-electron chi connectivity index (χ1n) is 10.2. The first kappa shape index (κ1) is 26.9. The molecule has 174 valence electrons. The van der Waals surface area contributed by atoms with Crippen molar-refractivity contribution in [2.45, 2.75) is 71.3 Å². The van der Waals surface area contributed by atoms with Gasteiger partial charge in [0, 0.05) is 25.9 Å². The second-order valence-corrected chi connectivity index (χ2v) is 9.54. The molecule has 0 heterocycles. The Bertz CT molecular complexity index is 585. The van der Waals surface area contributed by atoms with Gasteiger partial charge in [0.2, 0.25) is 0 Å². The normalized spacial score (nSPS) is 13.1. The van der Waals surface area contributed by atoms with E-state index in [1.54, 1.807) is 0 Å². The molecule has 1 aromatic rings. The Balaban J connectivity index is 2.63. The second-order valence-electron chi connectivity index (χ2n) is 6.81. The van der Waals surface area contributed by atoms with Crippen LogP contribution in [0.15, 0.2) is 18.2 Å². The van der Waals surface area contributed by atoms with Crippen molar-refractivity contribution < 1.29 is 39.6 Å². The first-order chi connectivity index (χ1) is 14.0. The molecule has 0 aliphatic heterocycles. The van der Waals surface area contributed by atoms with Gasteiger partial charge >= 0.3 is 21.2 Å². The van der Waals surface area contributed by atoms with Crippen molar-refractivity contribution in [1.29, 1.82) is 0 Å². The summed E-state index contributed by atoms with van der Waals surface area (Å²) in [5.41, 5.74) is -2.50. The Morgan fingerprint density at radius 2 is 1.10 bits per heavy atom. The van der Waals surface area contributed by atoms with E-state index < -0.39 is 32.3 Å². The summed E-state index contributed by atoms with van der Waals surface area (Å²) in [5.74, 6) is 0. The van der Waals surface area contributed by atoms with E-state index in [0.29, 0.717) is 38.7 Å². The van der Waals surface area contributed by atoms with Gasteiger partial charge in [-0.3, -0.25) is 0 Å². The van der Waals surface area contributed by atoms with E-state index in [1.165, 1.54) is 0 Å². The molecule has 0 saturated carbocycles. The minimum atomic E-state index is -4.82. The Morgan fingerprint density at radius 1 is 0.667 bits per heavy atom. The van der Waals surface area contributed by atoms with Crippen molar-refractivity contribution in [1.82, 2.24) is 0 Å². The molecule has 0 N–H and O–H groups in total. The molecule has 30 heavy (non-hydrogen) atoms. The smallest absolute Gasteiger partial charge is 0.374 e. The molecule has 0 amide bonds. The number of hydrogen-bond acceptors (Lipinski definition) is 3. The maximum absolute atomic E-state index is 12.9. The van der Waals surface area contributed by atoms with Crippen LogP contribution in [0.4, 0.5) is 26.3 Å². The van der Waals surface area contributed by atoms with Crippen LogP contribution in [0.1, 0.15) is 63.1 Å². The van der Waals surface area contributed by atoms with Crippen LogP contribution in [0.2, 0.25) is 6.04 Å². The van der Waals surface area contributed by atoms with Gasteiger partial charge in [-0.15, -0.1) is 0 Å². The van der Waals surface area contributed by atoms with Crippen LogP contribution in [0, 0.1) is 0 Å². The number of hydrogen-bond donors (Lipinski definition) is 0. The highest BCUT2D eigenvalue weighted by Gasteiger charge is 2.39. The van der Waals surface area contributed by atoms with Crippen molar-refractivity contribution >= 4 is 8.80 Å². The van der Waals surface area contributed by atoms with Gasteiger partial charge in [-0.25, -0.2) is 0 Å². The van der Waals surface area contributed by atoms with Crippen LogP contribution >= 0.6 is 0 Å². The Morgan fingerprint density at radius 3 is 1.50 bits per heavy atom. The van der Waals surface area contributed by atoms with Gasteiger partial charge in [-0.1, -0.05) is 12.8 Å². The predicted octanol–water partition coefficient (Wildman–Crippen LogP) is 6.88. The molecule has 0 fully saturated rings. The molecular weight excluding hydrogens is 430 g/mol. The van der Waals surface area contributed by atoms with E-state index in [4.69, 9.17) is 13.3 Å². The van der Waals surface area contributed by atoms with Crippen molar-refractivity contribution in [2.75, 3.05) is 19.8 Å². The average Bonchev–Trinajstić information content (AvgIpc) is 2.63. The van der Waals surface area contributed by atoms with E-state index in [9.17, 15) is 26.3 Å². The summed E-state index contributed by atoms with van der Waals surface area (Å²) in [6.07, 6.45) is -6.81. The standard InChI is InChI=1S/C20H30F6O3Si/c1-4-27-30(28-5-2,29-6-3)12-10-8-7-9-11-16-13-17(19(21,22)23)15-18(14-16)20(24,25)26/h13-15H,4-12H2,1-3H3. The van der Waals surface area contributed by atoms with Gasteiger partial charge < -0.3 is 13.3 Å². The van der Waals surface area contributed by atoms with Crippen molar-refractivity contribution in [2.24, 2.45) is 0 Å². The summed E-state index contributed by atoms with van der Waals surface area (Å²) >= 11 is 0. The maximum atomic E-state index is 12.9. The summed E-state index contributed by atoms with van der Waals surface area (Å²) in [6.45, 7) is 7.02. The molecule has 0 unspecified atom stereocenters. The van der Waals surface area contributed by atoms with Gasteiger partial charge in [-0.2, -0.15) is 26.3 Å². The van der Waals surface area contributed by atoms with Crippen molar-refractivity contribution in [3.05, 3.63) is 34.9 Å². The van der Waals surface area contributed by atoms with Gasteiger partial charge in [0.05, 0.1) is 11.1 Å². The minimum Gasteiger partial charge on any atom is -0.374 e. The third kappa shape index (κ3) is 8.95. The summed E-state index contributed by atoms with van der Waals surface area (Å²) in [7, 11) is -2.73. The third-order valence-corrected chi connectivity index (χ3v) is 7.59. The third-order valence-electron chi connectivity index (χ3n) is 4.44. The topological polar surface area (TPSA) is 27.7 Å². The van der Waals surface area contributed by atoms with Crippen molar-refractivity contribution in [3.8, 4) is 0 Å². The fourth-order valence-corrected chi connectivity index (χ4v) is 5.87. The number of halogens is 6. The van der Waals surface area contributed by atoms with Crippen LogP contribution in [-0.2, 0) is 32.1 Å². The summed E-state index contributed by atoms with van der Waals surface area (Å²) in [6, 6.07) is 2.38. The Hall–Kier alpha value is -1.10. The summed E-state index contributed by atoms with van der Waals surface area (Å²) in [4.78, 5) is 0. The highest BCUT2D eigenvalue weighted by atomic mass is 28.4. The zero-order valence-electron chi connectivity index (χ0n) is 17.6. The zero-order chi connectivity index (χ0) is 22.8. The maximum Gasteiger partial charge on any atom is 0.500 e. The lowest BCUT2D eigenvalue weighted by molar-refractivity contribution is -0.143. The highest BCUT2D eigenvalue weighted by molar-refractivity contribution is 6.60. The minimum absolute atomic E-state index is 0.0406. The zero-order valence-corrected chi connectivity index (χ0v) is 18.6. The number of alkyl halides is 6. The van der Waals surface area contributed by atoms with Gasteiger partial charge in [-0.05, 0) is 63.8 Å². The average molecular weight is 461 g/mol. The van der Waals surface area contributed by atoms with Gasteiger partial charge in [0.25, 0.3) is 0 Å². The number of aryl methyl sites for hydroxylation is 1. The molecule has 1 rings (SSSR count). The molecule has 0 bridgehead atoms. The highest BCUT2D eigenvalue weighted by Crippen LogP contribution is 2.36. The molecule has 1 aromatic carbocycles. The van der Waals surface area contributed by atoms with E-state index in [1.807, 2.05) is 20.8 Å². The second kappa shape index (κ2) is 12.1. The molecule has 0 aromatic heterocycles. The van der Waals surface area contributed by atoms with E-state index >= 15 is 0 Å². The predicted molar refractivity (Wildman–Crippen MR) is 104 cm³/mol.